The Hall–Kier alpha value is -2.36. The molecule has 104 valence electrons. The highest BCUT2D eigenvalue weighted by atomic mass is 19.1. The maximum atomic E-state index is 13.5. The molecule has 0 bridgehead atoms. The van der Waals surface area contributed by atoms with Crippen LogP contribution in [0.2, 0.25) is 0 Å². The van der Waals surface area contributed by atoms with Crippen molar-refractivity contribution in [3.05, 3.63) is 59.4 Å². The predicted molar refractivity (Wildman–Crippen MR) is 74.0 cm³/mol. The Morgan fingerprint density at radius 2 is 1.75 bits per heavy atom. The fraction of sp³-hybridized carbons (Fsp3) is 0.188. The molecule has 0 aromatic heterocycles. The molecule has 0 aliphatic heterocycles. The molecule has 0 saturated carbocycles. The molecule has 0 N–H and O–H groups in total. The average Bonchev–Trinajstić information content (AvgIpc) is 2.48. The van der Waals surface area contributed by atoms with Crippen LogP contribution in [0.1, 0.15) is 15.9 Å². The molecule has 0 radical (unpaired) electrons. The fourth-order valence-electron chi connectivity index (χ4n) is 1.93. The summed E-state index contributed by atoms with van der Waals surface area (Å²) in [6.45, 7) is 0. The van der Waals surface area contributed by atoms with Crippen LogP contribution in [0.5, 0.6) is 11.5 Å². The van der Waals surface area contributed by atoms with E-state index in [-0.39, 0.29) is 18.0 Å². The van der Waals surface area contributed by atoms with E-state index in [1.807, 2.05) is 0 Å². The highest BCUT2D eigenvalue weighted by Crippen LogP contribution is 2.28. The highest BCUT2D eigenvalue weighted by molar-refractivity contribution is 5.98. The minimum Gasteiger partial charge on any atom is -0.493 e. The van der Waals surface area contributed by atoms with Crippen LogP contribution in [-0.4, -0.2) is 20.0 Å². The molecular weight excluding hydrogens is 259 g/mol. The first-order valence-electron chi connectivity index (χ1n) is 6.14. The van der Waals surface area contributed by atoms with Gasteiger partial charge >= 0.3 is 0 Å². The van der Waals surface area contributed by atoms with E-state index < -0.39 is 0 Å². The van der Waals surface area contributed by atoms with Crippen molar-refractivity contribution >= 4 is 5.78 Å². The molecule has 0 aliphatic carbocycles. The van der Waals surface area contributed by atoms with E-state index in [9.17, 15) is 9.18 Å². The molecule has 0 atom stereocenters. The van der Waals surface area contributed by atoms with Gasteiger partial charge in [-0.25, -0.2) is 4.39 Å². The molecule has 0 unspecified atom stereocenters. The van der Waals surface area contributed by atoms with Crippen LogP contribution in [0.25, 0.3) is 0 Å². The van der Waals surface area contributed by atoms with Crippen LogP contribution in [0.15, 0.2) is 42.5 Å². The number of Topliss-reactive ketones (excluding diaryl/α,β-unsaturated/α-hetero) is 1. The first kappa shape index (κ1) is 14.1. The van der Waals surface area contributed by atoms with Crippen molar-refractivity contribution < 1.29 is 18.7 Å². The molecule has 2 rings (SSSR count). The molecule has 0 heterocycles. The second-order valence-corrected chi connectivity index (χ2v) is 4.26. The van der Waals surface area contributed by atoms with E-state index in [1.165, 1.54) is 20.3 Å². The minimum atomic E-state index is -0.374. The zero-order chi connectivity index (χ0) is 14.5. The Morgan fingerprint density at radius 1 is 1.05 bits per heavy atom. The summed E-state index contributed by atoms with van der Waals surface area (Å²) in [6, 6.07) is 11.2. The number of hydrogen-bond acceptors (Lipinski definition) is 3. The lowest BCUT2D eigenvalue weighted by atomic mass is 10.0. The monoisotopic (exact) mass is 274 g/mol. The zero-order valence-electron chi connectivity index (χ0n) is 11.4. The third-order valence-electron chi connectivity index (χ3n) is 3.01. The van der Waals surface area contributed by atoms with Gasteiger partial charge in [-0.1, -0.05) is 18.2 Å². The SMILES string of the molecule is COc1ccc(C(=O)Cc2ccccc2F)cc1OC. The van der Waals surface area contributed by atoms with Gasteiger partial charge in [0.2, 0.25) is 0 Å². The van der Waals surface area contributed by atoms with Gasteiger partial charge in [0, 0.05) is 12.0 Å². The van der Waals surface area contributed by atoms with Crippen molar-refractivity contribution in [2.24, 2.45) is 0 Å². The molecule has 2 aromatic rings. The molecule has 0 fully saturated rings. The molecule has 4 heteroatoms. The summed E-state index contributed by atoms with van der Waals surface area (Å²) in [7, 11) is 3.03. The molecule has 0 amide bonds. The zero-order valence-corrected chi connectivity index (χ0v) is 11.4. The summed E-state index contributed by atoms with van der Waals surface area (Å²) in [5.41, 5.74) is 0.846. The number of halogens is 1. The second kappa shape index (κ2) is 6.19. The molecule has 2 aromatic carbocycles. The summed E-state index contributed by atoms with van der Waals surface area (Å²) in [6.07, 6.45) is 0.0160. The number of carbonyl (C=O) groups excluding carboxylic acids is 1. The number of benzene rings is 2. The van der Waals surface area contributed by atoms with Crippen LogP contribution in [-0.2, 0) is 6.42 Å². The van der Waals surface area contributed by atoms with Gasteiger partial charge in [-0.05, 0) is 29.8 Å². The largest absolute Gasteiger partial charge is 0.493 e. The van der Waals surface area contributed by atoms with Crippen molar-refractivity contribution in [1.82, 2.24) is 0 Å². The molecule has 0 aliphatic rings. The maximum Gasteiger partial charge on any atom is 0.167 e. The normalized spacial score (nSPS) is 10.2. The molecule has 0 saturated heterocycles. The van der Waals surface area contributed by atoms with Gasteiger partial charge in [0.1, 0.15) is 5.82 Å². The second-order valence-electron chi connectivity index (χ2n) is 4.26. The molecular formula is C16H15FO3. The average molecular weight is 274 g/mol. The lowest BCUT2D eigenvalue weighted by Crippen LogP contribution is -2.05. The van der Waals surface area contributed by atoms with Gasteiger partial charge in [0.15, 0.2) is 17.3 Å². The Balaban J connectivity index is 2.24. The smallest absolute Gasteiger partial charge is 0.167 e. The first-order valence-corrected chi connectivity index (χ1v) is 6.14. The van der Waals surface area contributed by atoms with Gasteiger partial charge in [0.05, 0.1) is 14.2 Å². The predicted octanol–water partition coefficient (Wildman–Crippen LogP) is 3.27. The van der Waals surface area contributed by atoms with Gasteiger partial charge in [0.25, 0.3) is 0 Å². The summed E-state index contributed by atoms with van der Waals surface area (Å²) in [5.74, 6) is 0.485. The highest BCUT2D eigenvalue weighted by Gasteiger charge is 2.13. The van der Waals surface area contributed by atoms with Crippen molar-refractivity contribution in [3.63, 3.8) is 0 Å². The van der Waals surface area contributed by atoms with Crippen molar-refractivity contribution in [3.8, 4) is 11.5 Å². The molecule has 3 nitrogen and oxygen atoms in total. The lowest BCUT2D eigenvalue weighted by molar-refractivity contribution is 0.0991. The molecule has 20 heavy (non-hydrogen) atoms. The summed E-state index contributed by atoms with van der Waals surface area (Å²) in [4.78, 5) is 12.2. The topological polar surface area (TPSA) is 35.5 Å². The lowest BCUT2D eigenvalue weighted by Gasteiger charge is -2.09. The van der Waals surface area contributed by atoms with E-state index in [0.29, 0.717) is 22.6 Å². The van der Waals surface area contributed by atoms with Crippen molar-refractivity contribution in [1.29, 1.82) is 0 Å². The number of hydrogen-bond donors (Lipinski definition) is 0. The van der Waals surface area contributed by atoms with Crippen LogP contribution in [0.3, 0.4) is 0 Å². The van der Waals surface area contributed by atoms with Gasteiger partial charge < -0.3 is 9.47 Å². The van der Waals surface area contributed by atoms with Gasteiger partial charge in [-0.15, -0.1) is 0 Å². The fourth-order valence-corrected chi connectivity index (χ4v) is 1.93. The number of methoxy groups -OCH3 is 2. The van der Waals surface area contributed by atoms with E-state index in [2.05, 4.69) is 0 Å². The van der Waals surface area contributed by atoms with E-state index in [1.54, 1.807) is 36.4 Å². The Labute approximate surface area is 117 Å². The summed E-state index contributed by atoms with van der Waals surface area (Å²) < 4.78 is 23.8. The van der Waals surface area contributed by atoms with Crippen molar-refractivity contribution in [2.45, 2.75) is 6.42 Å². The number of ketones is 1. The number of carbonyl (C=O) groups is 1. The summed E-state index contributed by atoms with van der Waals surface area (Å²) in [5, 5.41) is 0. The minimum absolute atomic E-state index is 0.0160. The maximum absolute atomic E-state index is 13.5. The van der Waals surface area contributed by atoms with Gasteiger partial charge in [-0.3, -0.25) is 4.79 Å². The van der Waals surface area contributed by atoms with Crippen LogP contribution < -0.4 is 9.47 Å². The van der Waals surface area contributed by atoms with Crippen LogP contribution in [0, 0.1) is 5.82 Å². The Morgan fingerprint density at radius 3 is 2.40 bits per heavy atom. The standard InChI is InChI=1S/C16H15FO3/c1-19-15-8-7-12(10-16(15)20-2)14(18)9-11-5-3-4-6-13(11)17/h3-8,10H,9H2,1-2H3. The van der Waals surface area contributed by atoms with Crippen LogP contribution in [0.4, 0.5) is 4.39 Å². The van der Waals surface area contributed by atoms with Gasteiger partial charge in [-0.2, -0.15) is 0 Å². The van der Waals surface area contributed by atoms with E-state index in [0.717, 1.165) is 0 Å². The number of ether oxygens (including phenoxy) is 2. The Kier molecular flexibility index (Phi) is 4.35. The molecule has 0 spiro atoms. The number of rotatable bonds is 5. The van der Waals surface area contributed by atoms with Crippen molar-refractivity contribution in [2.75, 3.05) is 14.2 Å². The summed E-state index contributed by atoms with van der Waals surface area (Å²) >= 11 is 0. The first-order chi connectivity index (χ1) is 9.65. The Bertz CT molecular complexity index is 623. The third kappa shape index (κ3) is 2.96. The van der Waals surface area contributed by atoms with Crippen LogP contribution >= 0.6 is 0 Å². The quantitative estimate of drug-likeness (QED) is 0.785. The third-order valence-corrected chi connectivity index (χ3v) is 3.01. The van der Waals surface area contributed by atoms with E-state index in [4.69, 9.17) is 9.47 Å². The van der Waals surface area contributed by atoms with E-state index >= 15 is 0 Å².